The average Bonchev–Trinajstić information content (AvgIpc) is 3.62. The van der Waals surface area contributed by atoms with Gasteiger partial charge in [-0.2, -0.15) is 5.10 Å². The largest absolute Gasteiger partial charge is 0.382 e. The van der Waals surface area contributed by atoms with E-state index in [0.717, 1.165) is 38.2 Å². The second kappa shape index (κ2) is 9.50. The third-order valence-electron chi connectivity index (χ3n) is 6.28. The summed E-state index contributed by atoms with van der Waals surface area (Å²) in [4.78, 5) is 18.5. The van der Waals surface area contributed by atoms with Crippen molar-refractivity contribution >= 4 is 38.8 Å². The summed E-state index contributed by atoms with van der Waals surface area (Å²) in [7, 11) is 1.87. The Hall–Kier alpha value is -4.94. The van der Waals surface area contributed by atoms with E-state index in [1.165, 1.54) is 0 Å². The third kappa shape index (κ3) is 4.27. The fourth-order valence-corrected chi connectivity index (χ4v) is 5.32. The summed E-state index contributed by atoms with van der Waals surface area (Å²) >= 11 is 1.58. The number of carbonyl (C=O) groups excluding carboxylic acids is 1. The number of benzene rings is 1. The number of nitrogens with zero attached hydrogens (tertiary/aromatic N) is 5. The Morgan fingerprint density at radius 1 is 1.13 bits per heavy atom. The molecule has 0 bridgehead atoms. The molecular formula is C29H23N7OS. The van der Waals surface area contributed by atoms with E-state index in [9.17, 15) is 4.79 Å². The third-order valence-corrected chi connectivity index (χ3v) is 7.20. The molecule has 0 unspecified atom stereocenters. The molecule has 0 spiro atoms. The number of nitrogen functional groups attached to an aromatic ring is 1. The van der Waals surface area contributed by atoms with Crippen molar-refractivity contribution in [2.75, 3.05) is 5.73 Å². The van der Waals surface area contributed by atoms with E-state index in [-0.39, 0.29) is 17.8 Å². The van der Waals surface area contributed by atoms with Gasteiger partial charge < -0.3 is 11.1 Å². The van der Waals surface area contributed by atoms with E-state index in [0.29, 0.717) is 11.1 Å². The Bertz CT molecular complexity index is 1870. The van der Waals surface area contributed by atoms with Gasteiger partial charge in [-0.25, -0.2) is 9.50 Å². The van der Waals surface area contributed by atoms with Crippen LogP contribution in [0.15, 0.2) is 78.6 Å². The Labute approximate surface area is 222 Å². The monoisotopic (exact) mass is 517 g/mol. The minimum atomic E-state index is -0.348. The maximum atomic E-state index is 13.4. The zero-order valence-electron chi connectivity index (χ0n) is 20.7. The molecule has 1 amide bonds. The summed E-state index contributed by atoms with van der Waals surface area (Å²) in [6, 6.07) is 17.2. The lowest BCUT2D eigenvalue weighted by Crippen LogP contribution is -2.27. The Morgan fingerprint density at radius 3 is 2.74 bits per heavy atom. The molecular weight excluding hydrogens is 494 g/mol. The molecule has 5 aromatic heterocycles. The molecule has 0 aliphatic carbocycles. The molecule has 0 radical (unpaired) electrons. The first-order valence-corrected chi connectivity index (χ1v) is 12.9. The highest BCUT2D eigenvalue weighted by Gasteiger charge is 2.23. The van der Waals surface area contributed by atoms with Crippen LogP contribution in [-0.4, -0.2) is 30.3 Å². The van der Waals surface area contributed by atoms with Gasteiger partial charge in [-0.3, -0.25) is 9.48 Å². The van der Waals surface area contributed by atoms with E-state index in [1.54, 1.807) is 32.9 Å². The number of amides is 1. The summed E-state index contributed by atoms with van der Waals surface area (Å²) in [6.07, 6.45) is 5.38. The lowest BCUT2D eigenvalue weighted by Gasteiger charge is -2.18. The summed E-state index contributed by atoms with van der Waals surface area (Å²) in [6.45, 7) is 1.95. The number of anilines is 1. The van der Waals surface area contributed by atoms with Crippen LogP contribution in [0.2, 0.25) is 0 Å². The van der Waals surface area contributed by atoms with Gasteiger partial charge in [-0.1, -0.05) is 48.2 Å². The van der Waals surface area contributed by atoms with Crippen molar-refractivity contribution in [2.24, 2.45) is 7.05 Å². The normalized spacial score (nSPS) is 11.8. The molecule has 0 saturated carbocycles. The number of hydrogen-bond donors (Lipinski definition) is 2. The number of aryl methyl sites for hydroxylation is 1. The molecule has 6 aromatic rings. The fourth-order valence-electron chi connectivity index (χ4n) is 4.44. The zero-order valence-corrected chi connectivity index (χ0v) is 21.5. The molecule has 9 heteroatoms. The Morgan fingerprint density at radius 2 is 1.95 bits per heavy atom. The number of nitrogens with two attached hydrogens (primary N) is 1. The lowest BCUT2D eigenvalue weighted by atomic mass is 9.99. The summed E-state index contributed by atoms with van der Waals surface area (Å²) in [5.74, 6) is 6.33. The highest BCUT2D eigenvalue weighted by Crippen LogP contribution is 2.34. The predicted molar refractivity (Wildman–Crippen MR) is 150 cm³/mol. The minimum absolute atomic E-state index is 0.188. The standard InChI is InChI=1S/C29H23N7OS/c1-18(32-29(37)25-23-10-6-7-13-36(23)34-28(25)30)22-14-24-27(33-26(22)20-8-4-3-5-9-20)21(17-38-24)12-11-19-15-31-35(2)16-19/h3-10,13-18H,1-2H3,(H2,30,34)(H,32,37)/t18-/m0/s1. The number of hydrogen-bond acceptors (Lipinski definition) is 6. The minimum Gasteiger partial charge on any atom is -0.382 e. The number of aromatic nitrogens is 5. The van der Waals surface area contributed by atoms with Crippen LogP contribution in [0.25, 0.3) is 27.0 Å². The fraction of sp³-hybridized carbons (Fsp3) is 0.103. The maximum absolute atomic E-state index is 13.4. The molecule has 38 heavy (non-hydrogen) atoms. The van der Waals surface area contributed by atoms with Crippen molar-refractivity contribution in [1.82, 2.24) is 29.7 Å². The first-order valence-electron chi connectivity index (χ1n) is 12.0. The molecule has 0 aliphatic rings. The quantitative estimate of drug-likeness (QED) is 0.327. The second-order valence-electron chi connectivity index (χ2n) is 8.93. The number of nitrogens with one attached hydrogen (secondary N) is 1. The van der Waals surface area contributed by atoms with Crippen LogP contribution in [0.1, 0.15) is 40.0 Å². The van der Waals surface area contributed by atoms with Gasteiger partial charge in [0, 0.05) is 35.9 Å². The van der Waals surface area contributed by atoms with Crippen LogP contribution in [0, 0.1) is 11.8 Å². The van der Waals surface area contributed by atoms with E-state index in [2.05, 4.69) is 33.4 Å². The van der Waals surface area contributed by atoms with E-state index >= 15 is 0 Å². The SMILES string of the molecule is C[C@H](NC(=O)c1c(N)nn2ccccc12)c1cc2scc(C#Cc3cnn(C)c3)c2nc1-c1ccccc1. The number of pyridine rings is 2. The molecule has 0 aliphatic heterocycles. The van der Waals surface area contributed by atoms with Gasteiger partial charge in [-0.15, -0.1) is 16.4 Å². The first-order chi connectivity index (χ1) is 18.5. The number of fused-ring (bicyclic) bond motifs is 2. The first kappa shape index (κ1) is 23.5. The highest BCUT2D eigenvalue weighted by atomic mass is 32.1. The molecule has 5 heterocycles. The van der Waals surface area contributed by atoms with Crippen molar-refractivity contribution < 1.29 is 4.79 Å². The molecule has 3 N–H and O–H groups in total. The molecule has 8 nitrogen and oxygen atoms in total. The number of carbonyl (C=O) groups is 1. The maximum Gasteiger partial charge on any atom is 0.257 e. The topological polar surface area (TPSA) is 103 Å². The van der Waals surface area contributed by atoms with Crippen LogP contribution in [-0.2, 0) is 7.05 Å². The van der Waals surface area contributed by atoms with E-state index < -0.39 is 0 Å². The number of thiophene rings is 1. The van der Waals surface area contributed by atoms with Gasteiger partial charge in [0.25, 0.3) is 5.91 Å². The number of rotatable bonds is 4. The molecule has 1 aromatic carbocycles. The smallest absolute Gasteiger partial charge is 0.257 e. The molecule has 6 rings (SSSR count). The van der Waals surface area contributed by atoms with E-state index in [1.807, 2.05) is 74.1 Å². The van der Waals surface area contributed by atoms with Gasteiger partial charge >= 0.3 is 0 Å². The molecule has 0 fully saturated rings. The van der Waals surface area contributed by atoms with Gasteiger partial charge in [-0.05, 0) is 25.1 Å². The van der Waals surface area contributed by atoms with Crippen molar-refractivity contribution in [3.05, 3.63) is 101 Å². The lowest BCUT2D eigenvalue weighted by molar-refractivity contribution is 0.0942. The molecule has 1 atom stereocenters. The summed E-state index contributed by atoms with van der Waals surface area (Å²) in [5, 5.41) is 13.6. The van der Waals surface area contributed by atoms with Gasteiger partial charge in [0.1, 0.15) is 5.56 Å². The predicted octanol–water partition coefficient (Wildman–Crippen LogP) is 4.82. The van der Waals surface area contributed by atoms with Crippen molar-refractivity contribution in [2.45, 2.75) is 13.0 Å². The molecule has 186 valence electrons. The average molecular weight is 518 g/mol. The Kier molecular flexibility index (Phi) is 5.86. The summed E-state index contributed by atoms with van der Waals surface area (Å²) < 4.78 is 4.33. The van der Waals surface area contributed by atoms with Gasteiger partial charge in [0.05, 0.1) is 44.8 Å². The van der Waals surface area contributed by atoms with Crippen LogP contribution in [0.4, 0.5) is 5.82 Å². The van der Waals surface area contributed by atoms with Crippen molar-refractivity contribution in [3.8, 4) is 23.1 Å². The van der Waals surface area contributed by atoms with Crippen molar-refractivity contribution in [1.29, 1.82) is 0 Å². The highest BCUT2D eigenvalue weighted by molar-refractivity contribution is 7.17. The Balaban J connectivity index is 1.40. The van der Waals surface area contributed by atoms with Crippen molar-refractivity contribution in [3.63, 3.8) is 0 Å². The summed E-state index contributed by atoms with van der Waals surface area (Å²) in [5.41, 5.74) is 12.3. The van der Waals surface area contributed by atoms with Gasteiger partial charge in [0.2, 0.25) is 0 Å². The van der Waals surface area contributed by atoms with Gasteiger partial charge in [0.15, 0.2) is 5.82 Å². The molecule has 0 saturated heterocycles. The van der Waals surface area contributed by atoms with Crippen LogP contribution in [0.5, 0.6) is 0 Å². The second-order valence-corrected chi connectivity index (χ2v) is 9.84. The van der Waals surface area contributed by atoms with Crippen LogP contribution < -0.4 is 11.1 Å². The van der Waals surface area contributed by atoms with Crippen LogP contribution >= 0.6 is 11.3 Å². The van der Waals surface area contributed by atoms with E-state index in [4.69, 9.17) is 10.7 Å². The van der Waals surface area contributed by atoms with Crippen LogP contribution in [0.3, 0.4) is 0 Å². The zero-order chi connectivity index (χ0) is 26.2.